The molecule has 0 radical (unpaired) electrons. The molecule has 112 valence electrons. The summed E-state index contributed by atoms with van der Waals surface area (Å²) >= 11 is 0. The van der Waals surface area contributed by atoms with Crippen LogP contribution in [0.2, 0.25) is 0 Å². The zero-order valence-corrected chi connectivity index (χ0v) is 13.8. The summed E-state index contributed by atoms with van der Waals surface area (Å²) < 4.78 is 14.5. The third kappa shape index (κ3) is 2.31. The lowest BCUT2D eigenvalue weighted by atomic mass is 9.78. The molecule has 1 fully saturated rings. The summed E-state index contributed by atoms with van der Waals surface area (Å²) in [6, 6.07) is 9.07. The molecule has 1 aliphatic heterocycles. The van der Waals surface area contributed by atoms with Gasteiger partial charge < -0.3 is 13.9 Å². The van der Waals surface area contributed by atoms with E-state index in [1.807, 2.05) is 0 Å². The van der Waals surface area contributed by atoms with Gasteiger partial charge in [0.15, 0.2) is 0 Å². The van der Waals surface area contributed by atoms with E-state index in [2.05, 4.69) is 76.6 Å². The maximum Gasteiger partial charge on any atom is 0.494 e. The van der Waals surface area contributed by atoms with Crippen molar-refractivity contribution in [3.63, 3.8) is 0 Å². The molecule has 0 N–H and O–H groups in total. The lowest BCUT2D eigenvalue weighted by molar-refractivity contribution is 0.00578. The Morgan fingerprint density at radius 1 is 1.00 bits per heavy atom. The first-order chi connectivity index (χ1) is 9.71. The zero-order chi connectivity index (χ0) is 15.4. The van der Waals surface area contributed by atoms with Crippen molar-refractivity contribution in [3.05, 3.63) is 30.5 Å². The molecule has 1 aromatic carbocycles. The van der Waals surface area contributed by atoms with Crippen LogP contribution in [0.3, 0.4) is 0 Å². The third-order valence-corrected chi connectivity index (χ3v) is 4.83. The number of aromatic nitrogens is 1. The Bertz CT molecular complexity index is 656. The molecule has 21 heavy (non-hydrogen) atoms. The summed E-state index contributed by atoms with van der Waals surface area (Å²) in [5.74, 6) is 0. The molecule has 0 bridgehead atoms. The van der Waals surface area contributed by atoms with Gasteiger partial charge in [-0.05, 0) is 64.5 Å². The molecule has 3 nitrogen and oxygen atoms in total. The van der Waals surface area contributed by atoms with Gasteiger partial charge in [-0.1, -0.05) is 12.1 Å². The van der Waals surface area contributed by atoms with Crippen molar-refractivity contribution >= 4 is 23.5 Å². The molecule has 0 saturated carbocycles. The molecule has 0 unspecified atom stereocenters. The van der Waals surface area contributed by atoms with E-state index < -0.39 is 0 Å². The maximum absolute atomic E-state index is 6.12. The fraction of sp³-hybridized carbons (Fsp3) is 0.529. The molecule has 0 amide bonds. The topological polar surface area (TPSA) is 23.4 Å². The van der Waals surface area contributed by atoms with E-state index in [-0.39, 0.29) is 18.3 Å². The van der Waals surface area contributed by atoms with Gasteiger partial charge in [0.05, 0.1) is 11.2 Å². The Morgan fingerprint density at radius 3 is 2.19 bits per heavy atom. The first-order valence-electron chi connectivity index (χ1n) is 7.67. The molecule has 1 saturated heterocycles. The van der Waals surface area contributed by atoms with Crippen LogP contribution < -0.4 is 5.46 Å². The average Bonchev–Trinajstić information content (AvgIpc) is 2.87. The van der Waals surface area contributed by atoms with Gasteiger partial charge in [-0.2, -0.15) is 0 Å². The maximum atomic E-state index is 6.12. The fourth-order valence-corrected chi connectivity index (χ4v) is 2.76. The van der Waals surface area contributed by atoms with Crippen LogP contribution >= 0.6 is 0 Å². The largest absolute Gasteiger partial charge is 0.494 e. The highest BCUT2D eigenvalue weighted by Crippen LogP contribution is 2.36. The summed E-state index contributed by atoms with van der Waals surface area (Å²) in [6.07, 6.45) is 2.14. The first kappa shape index (κ1) is 14.7. The van der Waals surface area contributed by atoms with Gasteiger partial charge in [0.25, 0.3) is 0 Å². The fourth-order valence-electron chi connectivity index (χ4n) is 2.76. The van der Waals surface area contributed by atoms with Gasteiger partial charge >= 0.3 is 7.12 Å². The molecule has 1 aliphatic rings. The third-order valence-electron chi connectivity index (χ3n) is 4.83. The predicted octanol–water partition coefficient (Wildman–Crippen LogP) is 3.52. The number of rotatable bonds is 2. The molecule has 1 aromatic heterocycles. The number of nitrogens with zero attached hydrogens (tertiary/aromatic N) is 1. The van der Waals surface area contributed by atoms with Crippen LogP contribution in [-0.4, -0.2) is 22.9 Å². The molecule has 2 heterocycles. The van der Waals surface area contributed by atoms with Gasteiger partial charge in [-0.3, -0.25) is 0 Å². The van der Waals surface area contributed by atoms with Crippen molar-refractivity contribution in [2.45, 2.75) is 58.8 Å². The van der Waals surface area contributed by atoms with Crippen LogP contribution in [0.25, 0.3) is 10.9 Å². The lowest BCUT2D eigenvalue weighted by Crippen LogP contribution is -2.41. The minimum atomic E-state index is -0.295. The lowest BCUT2D eigenvalue weighted by Gasteiger charge is -2.32. The summed E-state index contributed by atoms with van der Waals surface area (Å²) in [5, 5.41) is 1.23. The monoisotopic (exact) mass is 285 g/mol. The second-order valence-electron chi connectivity index (χ2n) is 7.22. The number of benzene rings is 1. The smallest absolute Gasteiger partial charge is 0.399 e. The number of hydrogen-bond acceptors (Lipinski definition) is 2. The first-order valence-corrected chi connectivity index (χ1v) is 7.67. The minimum Gasteiger partial charge on any atom is -0.399 e. The van der Waals surface area contributed by atoms with E-state index in [0.717, 1.165) is 5.46 Å². The normalized spacial score (nSPS) is 20.6. The molecular weight excluding hydrogens is 261 g/mol. The highest BCUT2D eigenvalue weighted by atomic mass is 16.7. The summed E-state index contributed by atoms with van der Waals surface area (Å²) in [4.78, 5) is 0. The molecule has 3 rings (SSSR count). The van der Waals surface area contributed by atoms with E-state index in [0.29, 0.717) is 6.04 Å². The van der Waals surface area contributed by atoms with E-state index in [9.17, 15) is 0 Å². The average molecular weight is 285 g/mol. The number of hydrogen-bond donors (Lipinski definition) is 0. The van der Waals surface area contributed by atoms with Crippen molar-refractivity contribution in [1.29, 1.82) is 0 Å². The summed E-state index contributed by atoms with van der Waals surface area (Å²) in [7, 11) is -0.290. The van der Waals surface area contributed by atoms with Crippen LogP contribution in [0.5, 0.6) is 0 Å². The second kappa shape index (κ2) is 4.62. The van der Waals surface area contributed by atoms with Crippen LogP contribution in [0.4, 0.5) is 0 Å². The van der Waals surface area contributed by atoms with Crippen molar-refractivity contribution in [2.75, 3.05) is 0 Å². The van der Waals surface area contributed by atoms with Crippen LogP contribution in [0.15, 0.2) is 30.5 Å². The van der Waals surface area contributed by atoms with E-state index in [4.69, 9.17) is 9.31 Å². The van der Waals surface area contributed by atoms with Crippen LogP contribution in [-0.2, 0) is 9.31 Å². The molecule has 4 heteroatoms. The van der Waals surface area contributed by atoms with E-state index >= 15 is 0 Å². The Morgan fingerprint density at radius 2 is 1.62 bits per heavy atom. The molecule has 2 aromatic rings. The number of fused-ring (bicyclic) bond motifs is 1. The van der Waals surface area contributed by atoms with Gasteiger partial charge in [0.2, 0.25) is 0 Å². The Kier molecular flexibility index (Phi) is 3.23. The van der Waals surface area contributed by atoms with Gasteiger partial charge in [0, 0.05) is 17.8 Å². The minimum absolute atomic E-state index is 0.290. The van der Waals surface area contributed by atoms with Gasteiger partial charge in [-0.25, -0.2) is 0 Å². The van der Waals surface area contributed by atoms with Crippen LogP contribution in [0.1, 0.15) is 47.6 Å². The molecule has 0 aliphatic carbocycles. The SMILES string of the molecule is CC(C)n1ccc2cc(B3OC(C)(C)C(C)(C)O3)ccc21. The molecular formula is C17H24BNO2. The standard InChI is InChI=1S/C17H24BNO2/c1-12(2)19-10-9-13-11-14(7-8-15(13)19)18-20-16(3,4)17(5,6)21-18/h7-12H,1-6H3. The van der Waals surface area contributed by atoms with E-state index in [1.54, 1.807) is 0 Å². The van der Waals surface area contributed by atoms with Crippen LogP contribution in [0, 0.1) is 0 Å². The predicted molar refractivity (Wildman–Crippen MR) is 88.0 cm³/mol. The highest BCUT2D eigenvalue weighted by molar-refractivity contribution is 6.62. The zero-order valence-electron chi connectivity index (χ0n) is 13.8. The Hall–Kier alpha value is -1.26. The van der Waals surface area contributed by atoms with Crippen molar-refractivity contribution in [2.24, 2.45) is 0 Å². The van der Waals surface area contributed by atoms with Crippen molar-refractivity contribution in [3.8, 4) is 0 Å². The van der Waals surface area contributed by atoms with Crippen molar-refractivity contribution < 1.29 is 9.31 Å². The Balaban J connectivity index is 1.96. The van der Waals surface area contributed by atoms with Crippen molar-refractivity contribution in [1.82, 2.24) is 4.57 Å². The molecule has 0 atom stereocenters. The summed E-state index contributed by atoms with van der Waals surface area (Å²) in [6.45, 7) is 12.7. The van der Waals surface area contributed by atoms with E-state index in [1.165, 1.54) is 10.9 Å². The second-order valence-corrected chi connectivity index (χ2v) is 7.22. The Labute approximate surface area is 127 Å². The molecule has 0 spiro atoms. The van der Waals surface area contributed by atoms with Gasteiger partial charge in [0.1, 0.15) is 0 Å². The van der Waals surface area contributed by atoms with Gasteiger partial charge in [-0.15, -0.1) is 0 Å². The quantitative estimate of drug-likeness (QED) is 0.788. The summed E-state index contributed by atoms with van der Waals surface area (Å²) in [5.41, 5.74) is 1.75. The highest BCUT2D eigenvalue weighted by Gasteiger charge is 2.51.